The van der Waals surface area contributed by atoms with Crippen LogP contribution in [0, 0.1) is 5.82 Å². The third kappa shape index (κ3) is 6.20. The summed E-state index contributed by atoms with van der Waals surface area (Å²) in [5.41, 5.74) is 0.969. The molecule has 1 heterocycles. The minimum Gasteiger partial charge on any atom is -0.394 e. The van der Waals surface area contributed by atoms with Gasteiger partial charge in [-0.1, -0.05) is 48.6 Å². The molecular weight excluding hydrogens is 423 g/mol. The number of rotatable bonds is 8. The van der Waals surface area contributed by atoms with Gasteiger partial charge in [-0.15, -0.1) is 0 Å². The fourth-order valence-corrected chi connectivity index (χ4v) is 4.55. The summed E-state index contributed by atoms with van der Waals surface area (Å²) in [5, 5.41) is 12.6. The lowest BCUT2D eigenvalue weighted by Crippen LogP contribution is -2.49. The molecule has 0 fully saturated rings. The highest BCUT2D eigenvalue weighted by atomic mass is 32.2. The fraction of sp³-hybridized carbons (Fsp3) is 0.318. The van der Waals surface area contributed by atoms with Crippen molar-refractivity contribution >= 4 is 15.9 Å². The van der Waals surface area contributed by atoms with E-state index in [0.29, 0.717) is 0 Å². The van der Waals surface area contributed by atoms with Crippen molar-refractivity contribution in [3.8, 4) is 0 Å². The van der Waals surface area contributed by atoms with Crippen LogP contribution in [0.25, 0.3) is 0 Å². The zero-order valence-corrected chi connectivity index (χ0v) is 17.8. The van der Waals surface area contributed by atoms with Gasteiger partial charge in [0.15, 0.2) is 0 Å². The van der Waals surface area contributed by atoms with Gasteiger partial charge in [-0.25, -0.2) is 17.5 Å². The van der Waals surface area contributed by atoms with E-state index in [9.17, 15) is 22.7 Å². The second kappa shape index (κ2) is 10.1. The van der Waals surface area contributed by atoms with Gasteiger partial charge in [0.1, 0.15) is 11.9 Å². The first-order valence-electron chi connectivity index (χ1n) is 9.85. The molecule has 0 aliphatic carbocycles. The number of amides is 1. The molecule has 1 aliphatic rings. The van der Waals surface area contributed by atoms with Crippen molar-refractivity contribution in [1.29, 1.82) is 0 Å². The van der Waals surface area contributed by atoms with E-state index in [1.807, 2.05) is 37.3 Å². The summed E-state index contributed by atoms with van der Waals surface area (Å²) in [6.45, 7) is 1.41. The maximum Gasteiger partial charge on any atom is 0.241 e. The number of sulfonamides is 1. The van der Waals surface area contributed by atoms with Crippen LogP contribution in [0.4, 0.5) is 4.39 Å². The monoisotopic (exact) mass is 448 g/mol. The molecule has 1 aliphatic heterocycles. The molecule has 7 nitrogen and oxygen atoms in total. The van der Waals surface area contributed by atoms with Crippen LogP contribution in [0.2, 0.25) is 0 Å². The Morgan fingerprint density at radius 1 is 1.16 bits per heavy atom. The van der Waals surface area contributed by atoms with Gasteiger partial charge in [0.05, 0.1) is 36.1 Å². The first-order valence-corrected chi connectivity index (χ1v) is 11.3. The van der Waals surface area contributed by atoms with Crippen molar-refractivity contribution in [2.75, 3.05) is 6.61 Å². The van der Waals surface area contributed by atoms with Crippen LogP contribution in [0.15, 0.2) is 71.6 Å². The molecule has 2 aromatic carbocycles. The molecule has 2 aromatic rings. The topological polar surface area (TPSA) is 105 Å². The van der Waals surface area contributed by atoms with E-state index < -0.39 is 40.7 Å². The average Bonchev–Trinajstić information content (AvgIpc) is 2.75. The van der Waals surface area contributed by atoms with Crippen LogP contribution in [-0.2, 0) is 19.6 Å². The quantitative estimate of drug-likeness (QED) is 0.536. The van der Waals surface area contributed by atoms with Crippen molar-refractivity contribution < 1.29 is 27.4 Å². The molecule has 0 saturated heterocycles. The Morgan fingerprint density at radius 2 is 1.90 bits per heavy atom. The number of carbonyl (C=O) groups is 1. The summed E-state index contributed by atoms with van der Waals surface area (Å²) in [5.74, 6) is -0.908. The van der Waals surface area contributed by atoms with E-state index in [2.05, 4.69) is 10.0 Å². The molecule has 0 spiro atoms. The van der Waals surface area contributed by atoms with Crippen LogP contribution in [-0.4, -0.2) is 44.3 Å². The number of hydrogen-bond acceptors (Lipinski definition) is 5. The zero-order valence-electron chi connectivity index (χ0n) is 16.9. The molecule has 3 rings (SSSR count). The molecule has 0 unspecified atom stereocenters. The second-order valence-corrected chi connectivity index (χ2v) is 9.00. The Bertz CT molecular complexity index is 1030. The molecule has 0 radical (unpaired) electrons. The van der Waals surface area contributed by atoms with Crippen LogP contribution >= 0.6 is 0 Å². The number of carbonyl (C=O) groups excluding carboxylic acids is 1. The minimum atomic E-state index is -4.02. The smallest absolute Gasteiger partial charge is 0.241 e. The summed E-state index contributed by atoms with van der Waals surface area (Å²) in [6, 6.07) is 13.1. The Balaban J connectivity index is 1.61. The number of hydrogen-bond donors (Lipinski definition) is 3. The van der Waals surface area contributed by atoms with E-state index in [0.717, 1.165) is 17.7 Å². The number of benzene rings is 2. The SMILES string of the molecule is C[C@H](NC(=O)C[C@H]1C=C[C@H](NS(=O)(=O)c2cccc(F)c2)[C@H](CO)O1)c1ccccc1. The average molecular weight is 449 g/mol. The molecule has 1 amide bonds. The first kappa shape index (κ1) is 23.1. The van der Waals surface area contributed by atoms with Crippen molar-refractivity contribution in [2.45, 2.75) is 42.5 Å². The maximum atomic E-state index is 13.4. The van der Waals surface area contributed by atoms with Gasteiger partial charge in [0, 0.05) is 0 Å². The maximum absolute atomic E-state index is 13.4. The van der Waals surface area contributed by atoms with E-state index >= 15 is 0 Å². The summed E-state index contributed by atoms with van der Waals surface area (Å²) >= 11 is 0. The standard InChI is InChI=1S/C22H25FN2O5S/c1-15(16-6-3-2-4-7-16)24-22(27)13-18-10-11-20(21(14-26)30-18)25-31(28,29)19-9-5-8-17(23)12-19/h2-12,15,18,20-21,25-26H,13-14H2,1H3,(H,24,27)/t15-,18+,20-,21-/m0/s1. The Labute approximate surface area is 181 Å². The predicted molar refractivity (Wildman–Crippen MR) is 113 cm³/mol. The molecule has 0 saturated carbocycles. The lowest BCUT2D eigenvalue weighted by Gasteiger charge is -2.31. The van der Waals surface area contributed by atoms with Gasteiger partial charge in [-0.05, 0) is 30.7 Å². The van der Waals surface area contributed by atoms with Gasteiger partial charge in [0.25, 0.3) is 0 Å². The predicted octanol–water partition coefficient (Wildman–Crippen LogP) is 2.06. The highest BCUT2D eigenvalue weighted by Gasteiger charge is 2.31. The minimum absolute atomic E-state index is 0.0214. The largest absolute Gasteiger partial charge is 0.394 e. The van der Waals surface area contributed by atoms with Crippen molar-refractivity contribution in [2.24, 2.45) is 0 Å². The van der Waals surface area contributed by atoms with Crippen LogP contribution in [0.1, 0.15) is 24.9 Å². The number of aliphatic hydroxyl groups is 1. The van der Waals surface area contributed by atoms with Crippen molar-refractivity contribution in [3.63, 3.8) is 0 Å². The first-order chi connectivity index (χ1) is 14.8. The molecule has 0 aromatic heterocycles. The van der Waals surface area contributed by atoms with Crippen molar-refractivity contribution in [1.82, 2.24) is 10.0 Å². The van der Waals surface area contributed by atoms with Crippen LogP contribution < -0.4 is 10.0 Å². The van der Waals surface area contributed by atoms with Crippen molar-refractivity contribution in [3.05, 3.63) is 78.1 Å². The third-order valence-corrected chi connectivity index (χ3v) is 6.38. The lowest BCUT2D eigenvalue weighted by atomic mass is 10.0. The van der Waals surface area contributed by atoms with Crippen LogP contribution in [0.5, 0.6) is 0 Å². The summed E-state index contributed by atoms with van der Waals surface area (Å²) in [4.78, 5) is 12.2. The van der Waals surface area contributed by atoms with Gasteiger partial charge < -0.3 is 15.2 Å². The molecule has 3 N–H and O–H groups in total. The molecule has 166 valence electrons. The third-order valence-electron chi connectivity index (χ3n) is 4.92. The highest BCUT2D eigenvalue weighted by Crippen LogP contribution is 2.19. The van der Waals surface area contributed by atoms with Crippen LogP contribution in [0.3, 0.4) is 0 Å². The Morgan fingerprint density at radius 3 is 2.58 bits per heavy atom. The van der Waals surface area contributed by atoms with Gasteiger partial charge >= 0.3 is 0 Å². The van der Waals surface area contributed by atoms with E-state index in [4.69, 9.17) is 4.74 Å². The second-order valence-electron chi connectivity index (χ2n) is 7.29. The highest BCUT2D eigenvalue weighted by molar-refractivity contribution is 7.89. The number of aliphatic hydroxyl groups excluding tert-OH is 1. The Hall–Kier alpha value is -2.59. The fourth-order valence-electron chi connectivity index (χ4n) is 3.30. The summed E-state index contributed by atoms with van der Waals surface area (Å²) in [7, 11) is -4.02. The van der Waals surface area contributed by atoms with Gasteiger partial charge in [0.2, 0.25) is 15.9 Å². The molecule has 9 heteroatoms. The zero-order chi connectivity index (χ0) is 22.4. The van der Waals surface area contributed by atoms with E-state index in [1.54, 1.807) is 12.2 Å². The summed E-state index contributed by atoms with van der Waals surface area (Å²) in [6.07, 6.45) is 1.64. The molecular formula is C22H25FN2O5S. The van der Waals surface area contributed by atoms with E-state index in [-0.39, 0.29) is 23.3 Å². The molecule has 4 atom stereocenters. The molecule has 31 heavy (non-hydrogen) atoms. The van der Waals surface area contributed by atoms with E-state index in [1.165, 1.54) is 12.1 Å². The summed E-state index contributed by atoms with van der Waals surface area (Å²) < 4.78 is 46.5. The lowest BCUT2D eigenvalue weighted by molar-refractivity contribution is -0.125. The van der Waals surface area contributed by atoms with Gasteiger partial charge in [-0.2, -0.15) is 0 Å². The number of ether oxygens (including phenoxy) is 1. The van der Waals surface area contributed by atoms with Gasteiger partial charge in [-0.3, -0.25) is 4.79 Å². The Kier molecular flexibility index (Phi) is 7.55. The number of halogens is 1. The normalized spacial score (nSPS) is 22.1. The molecule has 0 bridgehead atoms. The number of nitrogens with one attached hydrogen (secondary N) is 2.